The number of aryl methyl sites for hydroxylation is 1. The van der Waals surface area contributed by atoms with Crippen molar-refractivity contribution in [1.82, 2.24) is 24.1 Å². The summed E-state index contributed by atoms with van der Waals surface area (Å²) in [5, 5.41) is 7.16. The zero-order chi connectivity index (χ0) is 19.3. The average molecular weight is 373 g/mol. The number of nitrogen functional groups attached to an aromatic ring is 1. The summed E-state index contributed by atoms with van der Waals surface area (Å²) in [4.78, 5) is 21.9. The summed E-state index contributed by atoms with van der Waals surface area (Å²) in [6, 6.07) is 7.37. The Labute approximate surface area is 161 Å². The van der Waals surface area contributed by atoms with Crippen molar-refractivity contribution >= 4 is 22.9 Å². The van der Waals surface area contributed by atoms with Gasteiger partial charge in [0.1, 0.15) is 11.4 Å². The minimum Gasteiger partial charge on any atom is -0.399 e. The number of carbonyl (C=O) groups excluding carboxylic acids is 1. The maximum atomic E-state index is 12.9. The molecule has 8 nitrogen and oxygen atoms in total. The van der Waals surface area contributed by atoms with E-state index in [0.717, 1.165) is 29.9 Å². The monoisotopic (exact) mass is 373 g/mol. The van der Waals surface area contributed by atoms with E-state index in [9.17, 15) is 4.79 Å². The predicted octanol–water partition coefficient (Wildman–Crippen LogP) is 2.84. The standard InChI is InChI=1S/C20H19N7O/c1-26-7-5-22-18(26)13-8-14(21)10-15(9-13)24-20(28)16-11-23-27-6-4-17(12-2-3-12)25-19(16)27/h4-12H,2-3,21H2,1H3,(H,24,28). The van der Waals surface area contributed by atoms with Crippen molar-refractivity contribution in [2.45, 2.75) is 18.8 Å². The van der Waals surface area contributed by atoms with Crippen LogP contribution in [-0.2, 0) is 7.05 Å². The van der Waals surface area contributed by atoms with Crippen LogP contribution in [0.15, 0.2) is 49.1 Å². The van der Waals surface area contributed by atoms with E-state index >= 15 is 0 Å². The second-order valence-electron chi connectivity index (χ2n) is 7.11. The van der Waals surface area contributed by atoms with E-state index in [4.69, 9.17) is 5.73 Å². The Balaban J connectivity index is 1.47. The van der Waals surface area contributed by atoms with Crippen LogP contribution in [0.5, 0.6) is 0 Å². The van der Waals surface area contributed by atoms with Crippen LogP contribution in [-0.4, -0.2) is 30.1 Å². The number of nitrogens with zero attached hydrogens (tertiary/aromatic N) is 5. The van der Waals surface area contributed by atoms with Gasteiger partial charge in [-0.2, -0.15) is 5.10 Å². The molecular weight excluding hydrogens is 354 g/mol. The van der Waals surface area contributed by atoms with Crippen LogP contribution in [0.2, 0.25) is 0 Å². The fourth-order valence-corrected chi connectivity index (χ4v) is 3.34. The van der Waals surface area contributed by atoms with Gasteiger partial charge in [0.15, 0.2) is 5.65 Å². The van der Waals surface area contributed by atoms with Crippen molar-refractivity contribution < 1.29 is 4.79 Å². The summed E-state index contributed by atoms with van der Waals surface area (Å²) in [5.41, 5.74) is 10.0. The van der Waals surface area contributed by atoms with Gasteiger partial charge >= 0.3 is 0 Å². The van der Waals surface area contributed by atoms with Crippen LogP contribution in [0.1, 0.15) is 34.8 Å². The Morgan fingerprint density at radius 3 is 2.86 bits per heavy atom. The van der Waals surface area contributed by atoms with E-state index in [1.165, 1.54) is 0 Å². The molecule has 0 saturated heterocycles. The molecule has 1 aliphatic carbocycles. The first-order valence-electron chi connectivity index (χ1n) is 9.12. The van der Waals surface area contributed by atoms with Gasteiger partial charge in [-0.1, -0.05) is 0 Å². The third-order valence-electron chi connectivity index (χ3n) is 4.92. The summed E-state index contributed by atoms with van der Waals surface area (Å²) in [5.74, 6) is 1.01. The molecule has 1 aromatic carbocycles. The molecule has 0 atom stereocenters. The minimum absolute atomic E-state index is 0.271. The molecule has 0 radical (unpaired) electrons. The molecule has 1 fully saturated rings. The van der Waals surface area contributed by atoms with Crippen LogP contribution in [0.25, 0.3) is 17.0 Å². The molecule has 3 N–H and O–H groups in total. The summed E-state index contributed by atoms with van der Waals surface area (Å²) in [7, 11) is 1.91. The number of imidazole rings is 1. The Morgan fingerprint density at radius 1 is 1.25 bits per heavy atom. The quantitative estimate of drug-likeness (QED) is 0.536. The number of anilines is 2. The van der Waals surface area contributed by atoms with E-state index in [1.807, 2.05) is 42.2 Å². The van der Waals surface area contributed by atoms with Crippen molar-refractivity contribution in [3.05, 3.63) is 60.3 Å². The molecule has 0 spiro atoms. The van der Waals surface area contributed by atoms with Gasteiger partial charge in [0.2, 0.25) is 0 Å². The number of nitrogens with two attached hydrogens (primary N) is 1. The maximum Gasteiger partial charge on any atom is 0.261 e. The number of benzene rings is 1. The highest BCUT2D eigenvalue weighted by Crippen LogP contribution is 2.39. The van der Waals surface area contributed by atoms with Crippen molar-refractivity contribution in [2.75, 3.05) is 11.1 Å². The number of amides is 1. The highest BCUT2D eigenvalue weighted by molar-refractivity contribution is 6.08. The van der Waals surface area contributed by atoms with Gasteiger partial charge < -0.3 is 15.6 Å². The molecule has 1 aliphatic rings. The number of aromatic nitrogens is 5. The van der Waals surface area contributed by atoms with Crippen LogP contribution < -0.4 is 11.1 Å². The van der Waals surface area contributed by atoms with E-state index < -0.39 is 0 Å². The topological polar surface area (TPSA) is 103 Å². The SMILES string of the molecule is Cn1ccnc1-c1cc(N)cc(NC(=O)c2cnn3ccc(C4CC4)nc23)c1. The number of rotatable bonds is 4. The van der Waals surface area contributed by atoms with Gasteiger partial charge in [-0.05, 0) is 37.1 Å². The molecular formula is C20H19N7O. The van der Waals surface area contributed by atoms with Gasteiger partial charge in [-0.3, -0.25) is 4.79 Å². The van der Waals surface area contributed by atoms with E-state index in [2.05, 4.69) is 20.4 Å². The van der Waals surface area contributed by atoms with Gasteiger partial charge in [0.05, 0.1) is 6.20 Å². The molecule has 1 amide bonds. The number of hydrogen-bond donors (Lipinski definition) is 2. The first-order chi connectivity index (χ1) is 13.6. The van der Waals surface area contributed by atoms with Crippen molar-refractivity contribution in [1.29, 1.82) is 0 Å². The number of fused-ring (bicyclic) bond motifs is 1. The Morgan fingerprint density at radius 2 is 2.11 bits per heavy atom. The Bertz CT molecular complexity index is 1200. The van der Waals surface area contributed by atoms with Crippen LogP contribution in [0.4, 0.5) is 11.4 Å². The van der Waals surface area contributed by atoms with E-state index in [-0.39, 0.29) is 5.91 Å². The molecule has 3 aromatic heterocycles. The first kappa shape index (κ1) is 16.5. The number of carbonyl (C=O) groups is 1. The minimum atomic E-state index is -0.271. The molecule has 5 rings (SSSR count). The molecule has 28 heavy (non-hydrogen) atoms. The lowest BCUT2D eigenvalue weighted by atomic mass is 10.1. The summed E-state index contributed by atoms with van der Waals surface area (Å²) in [6.45, 7) is 0. The summed E-state index contributed by atoms with van der Waals surface area (Å²) >= 11 is 0. The number of hydrogen-bond acceptors (Lipinski definition) is 5. The first-order valence-corrected chi connectivity index (χ1v) is 9.12. The summed E-state index contributed by atoms with van der Waals surface area (Å²) < 4.78 is 3.52. The second kappa shape index (κ2) is 6.19. The number of nitrogens with one attached hydrogen (secondary N) is 1. The predicted molar refractivity (Wildman–Crippen MR) is 106 cm³/mol. The van der Waals surface area contributed by atoms with E-state index in [0.29, 0.717) is 28.5 Å². The lowest BCUT2D eigenvalue weighted by Crippen LogP contribution is -2.12. The molecule has 4 aromatic rings. The molecule has 8 heteroatoms. The smallest absolute Gasteiger partial charge is 0.261 e. The van der Waals surface area contributed by atoms with Crippen LogP contribution >= 0.6 is 0 Å². The molecule has 0 aliphatic heterocycles. The van der Waals surface area contributed by atoms with Gasteiger partial charge in [-0.25, -0.2) is 14.5 Å². The molecule has 1 saturated carbocycles. The zero-order valence-corrected chi connectivity index (χ0v) is 15.3. The van der Waals surface area contributed by atoms with Crippen molar-refractivity contribution in [2.24, 2.45) is 7.05 Å². The zero-order valence-electron chi connectivity index (χ0n) is 15.3. The van der Waals surface area contributed by atoms with Gasteiger partial charge in [-0.15, -0.1) is 0 Å². The van der Waals surface area contributed by atoms with Crippen molar-refractivity contribution in [3.8, 4) is 11.4 Å². The molecule has 0 unspecified atom stereocenters. The normalized spacial score (nSPS) is 13.8. The largest absolute Gasteiger partial charge is 0.399 e. The fourth-order valence-electron chi connectivity index (χ4n) is 3.34. The highest BCUT2D eigenvalue weighted by Gasteiger charge is 2.26. The van der Waals surface area contributed by atoms with Crippen molar-refractivity contribution in [3.63, 3.8) is 0 Å². The third-order valence-corrected chi connectivity index (χ3v) is 4.92. The molecule has 0 bridgehead atoms. The maximum absolute atomic E-state index is 12.9. The van der Waals surface area contributed by atoms with Gasteiger partial charge in [0.25, 0.3) is 5.91 Å². The average Bonchev–Trinajstić information content (AvgIpc) is 3.29. The lowest BCUT2D eigenvalue weighted by molar-refractivity contribution is 0.102. The van der Waals surface area contributed by atoms with Gasteiger partial charge in [0, 0.05) is 54.2 Å². The Hall–Kier alpha value is -3.68. The molecule has 3 heterocycles. The highest BCUT2D eigenvalue weighted by atomic mass is 16.1. The fraction of sp³-hybridized carbons (Fsp3) is 0.200. The third kappa shape index (κ3) is 2.88. The summed E-state index contributed by atoms with van der Waals surface area (Å²) in [6.07, 6.45) is 9.28. The van der Waals surface area contributed by atoms with Crippen LogP contribution in [0, 0.1) is 0 Å². The van der Waals surface area contributed by atoms with Crippen LogP contribution in [0.3, 0.4) is 0 Å². The molecule has 140 valence electrons. The lowest BCUT2D eigenvalue weighted by Gasteiger charge is -2.09. The Kier molecular flexibility index (Phi) is 3.65. The second-order valence-corrected chi connectivity index (χ2v) is 7.11. The van der Waals surface area contributed by atoms with E-state index in [1.54, 1.807) is 23.0 Å².